The number of thiol groups is 1. The van der Waals surface area contributed by atoms with Crippen LogP contribution in [0.4, 0.5) is 0 Å². The van der Waals surface area contributed by atoms with Crippen LogP contribution >= 0.6 is 12.6 Å². The zero-order chi connectivity index (χ0) is 11.8. The first-order valence-corrected chi connectivity index (χ1v) is 7.37. The van der Waals surface area contributed by atoms with Crippen molar-refractivity contribution in [1.29, 1.82) is 0 Å². The van der Waals surface area contributed by atoms with E-state index in [0.29, 0.717) is 6.61 Å². The SMILES string of the molecule is CC(CCS)CCN(CCCO)C1CCC1. The largest absolute Gasteiger partial charge is 0.396 e. The predicted octanol–water partition coefficient (Wildman–Crippen LogP) is 2.57. The normalized spacial score (nSPS) is 18.8. The van der Waals surface area contributed by atoms with Crippen LogP contribution in [-0.2, 0) is 0 Å². The molecule has 1 unspecified atom stereocenters. The lowest BCUT2D eigenvalue weighted by atomic mass is 9.90. The Labute approximate surface area is 106 Å². The second kappa shape index (κ2) is 8.37. The first-order chi connectivity index (χ1) is 7.77. The Bertz CT molecular complexity index is 173. The molecular weight excluding hydrogens is 218 g/mol. The molecule has 1 aliphatic rings. The highest BCUT2D eigenvalue weighted by atomic mass is 32.1. The van der Waals surface area contributed by atoms with Crippen LogP contribution in [0.3, 0.4) is 0 Å². The van der Waals surface area contributed by atoms with Gasteiger partial charge in [-0.1, -0.05) is 13.3 Å². The Morgan fingerprint density at radius 1 is 1.31 bits per heavy atom. The summed E-state index contributed by atoms with van der Waals surface area (Å²) in [5.41, 5.74) is 0. The fourth-order valence-electron chi connectivity index (χ4n) is 2.25. The predicted molar refractivity (Wildman–Crippen MR) is 73.2 cm³/mol. The van der Waals surface area contributed by atoms with Gasteiger partial charge in [-0.15, -0.1) is 0 Å². The quantitative estimate of drug-likeness (QED) is 0.610. The first-order valence-electron chi connectivity index (χ1n) is 6.73. The van der Waals surface area contributed by atoms with Crippen LogP contribution < -0.4 is 0 Å². The molecular formula is C13H27NOS. The maximum atomic E-state index is 8.91. The molecule has 0 aromatic carbocycles. The average Bonchev–Trinajstić information content (AvgIpc) is 2.19. The molecule has 0 aliphatic heterocycles. The molecule has 1 N–H and O–H groups in total. The Morgan fingerprint density at radius 2 is 2.06 bits per heavy atom. The van der Waals surface area contributed by atoms with Crippen LogP contribution in [0.15, 0.2) is 0 Å². The second-order valence-electron chi connectivity index (χ2n) is 5.10. The summed E-state index contributed by atoms with van der Waals surface area (Å²) in [7, 11) is 0. The average molecular weight is 245 g/mol. The summed E-state index contributed by atoms with van der Waals surface area (Å²) in [6.45, 7) is 4.94. The van der Waals surface area contributed by atoms with E-state index in [4.69, 9.17) is 5.11 Å². The van der Waals surface area contributed by atoms with Crippen LogP contribution in [0.5, 0.6) is 0 Å². The van der Waals surface area contributed by atoms with E-state index in [0.717, 1.165) is 30.7 Å². The zero-order valence-corrected chi connectivity index (χ0v) is 11.5. The molecule has 1 rings (SSSR count). The molecule has 1 saturated carbocycles. The minimum atomic E-state index is 0.329. The highest BCUT2D eigenvalue weighted by Gasteiger charge is 2.24. The molecule has 2 nitrogen and oxygen atoms in total. The molecule has 0 heterocycles. The number of nitrogens with zero attached hydrogens (tertiary/aromatic N) is 1. The van der Waals surface area contributed by atoms with Crippen LogP contribution in [0.25, 0.3) is 0 Å². The van der Waals surface area contributed by atoms with Crippen molar-refractivity contribution in [2.75, 3.05) is 25.4 Å². The van der Waals surface area contributed by atoms with Crippen molar-refractivity contribution in [1.82, 2.24) is 4.90 Å². The van der Waals surface area contributed by atoms with Crippen LogP contribution in [-0.4, -0.2) is 41.5 Å². The van der Waals surface area contributed by atoms with Gasteiger partial charge in [-0.25, -0.2) is 0 Å². The number of hydrogen-bond acceptors (Lipinski definition) is 3. The molecule has 3 heteroatoms. The highest BCUT2D eigenvalue weighted by molar-refractivity contribution is 7.80. The standard InChI is InChI=1S/C13H27NOS/c1-12(7-11-16)6-9-14(8-3-10-15)13-4-2-5-13/h12-13,15-16H,2-11H2,1H3. The van der Waals surface area contributed by atoms with E-state index in [-0.39, 0.29) is 0 Å². The van der Waals surface area contributed by atoms with Gasteiger partial charge in [0.1, 0.15) is 0 Å². The maximum Gasteiger partial charge on any atom is 0.0443 e. The van der Waals surface area contributed by atoms with E-state index < -0.39 is 0 Å². The van der Waals surface area contributed by atoms with E-state index >= 15 is 0 Å². The monoisotopic (exact) mass is 245 g/mol. The van der Waals surface area contributed by atoms with E-state index in [1.807, 2.05) is 0 Å². The highest BCUT2D eigenvalue weighted by Crippen LogP contribution is 2.25. The molecule has 0 aromatic heterocycles. The fraction of sp³-hybridized carbons (Fsp3) is 1.00. The molecule has 0 aromatic rings. The summed E-state index contributed by atoms with van der Waals surface area (Å²) in [4.78, 5) is 2.59. The minimum Gasteiger partial charge on any atom is -0.396 e. The van der Waals surface area contributed by atoms with E-state index in [9.17, 15) is 0 Å². The summed E-state index contributed by atoms with van der Waals surface area (Å²) >= 11 is 4.28. The van der Waals surface area contributed by atoms with Crippen LogP contribution in [0, 0.1) is 5.92 Å². The van der Waals surface area contributed by atoms with Gasteiger partial charge in [0.15, 0.2) is 0 Å². The molecule has 0 radical (unpaired) electrons. The second-order valence-corrected chi connectivity index (χ2v) is 5.55. The molecule has 1 fully saturated rings. The third-order valence-electron chi connectivity index (χ3n) is 3.73. The molecule has 0 bridgehead atoms. The third kappa shape index (κ3) is 5.07. The van der Waals surface area contributed by atoms with Gasteiger partial charge in [0.25, 0.3) is 0 Å². The van der Waals surface area contributed by atoms with Crippen molar-refractivity contribution in [3.63, 3.8) is 0 Å². The van der Waals surface area contributed by atoms with Gasteiger partial charge in [-0.3, -0.25) is 0 Å². The summed E-state index contributed by atoms with van der Waals surface area (Å²) in [6.07, 6.45) is 7.56. The van der Waals surface area contributed by atoms with Gasteiger partial charge in [-0.2, -0.15) is 12.6 Å². The molecule has 16 heavy (non-hydrogen) atoms. The van der Waals surface area contributed by atoms with E-state index in [1.165, 1.54) is 38.6 Å². The van der Waals surface area contributed by atoms with Crippen molar-refractivity contribution in [2.24, 2.45) is 5.92 Å². The molecule has 1 aliphatic carbocycles. The maximum absolute atomic E-state index is 8.91. The molecule has 0 spiro atoms. The minimum absolute atomic E-state index is 0.329. The van der Waals surface area contributed by atoms with Crippen molar-refractivity contribution < 1.29 is 5.11 Å². The van der Waals surface area contributed by atoms with Crippen molar-refractivity contribution >= 4 is 12.6 Å². The Hall–Kier alpha value is 0.270. The Kier molecular flexibility index (Phi) is 7.50. The summed E-state index contributed by atoms with van der Waals surface area (Å²) in [6, 6.07) is 0.815. The van der Waals surface area contributed by atoms with E-state index in [2.05, 4.69) is 24.5 Å². The fourth-order valence-corrected chi connectivity index (χ4v) is 2.69. The van der Waals surface area contributed by atoms with Gasteiger partial charge < -0.3 is 10.0 Å². The molecule has 0 amide bonds. The van der Waals surface area contributed by atoms with Crippen molar-refractivity contribution in [3.05, 3.63) is 0 Å². The van der Waals surface area contributed by atoms with Gasteiger partial charge in [0, 0.05) is 19.2 Å². The number of rotatable bonds is 9. The van der Waals surface area contributed by atoms with Gasteiger partial charge in [0.05, 0.1) is 0 Å². The van der Waals surface area contributed by atoms with Crippen molar-refractivity contribution in [3.8, 4) is 0 Å². The van der Waals surface area contributed by atoms with Gasteiger partial charge in [0.2, 0.25) is 0 Å². The Morgan fingerprint density at radius 3 is 2.56 bits per heavy atom. The van der Waals surface area contributed by atoms with Gasteiger partial charge >= 0.3 is 0 Å². The lowest BCUT2D eigenvalue weighted by Crippen LogP contribution is -2.41. The number of hydrogen-bond donors (Lipinski definition) is 2. The van der Waals surface area contributed by atoms with E-state index in [1.54, 1.807) is 0 Å². The summed E-state index contributed by atoms with van der Waals surface area (Å²) in [5, 5.41) is 8.91. The number of aliphatic hydroxyl groups excluding tert-OH is 1. The van der Waals surface area contributed by atoms with Gasteiger partial charge in [-0.05, 0) is 50.3 Å². The summed E-state index contributed by atoms with van der Waals surface area (Å²) < 4.78 is 0. The number of aliphatic hydroxyl groups is 1. The van der Waals surface area contributed by atoms with Crippen LogP contribution in [0.2, 0.25) is 0 Å². The Balaban J connectivity index is 2.20. The molecule has 0 saturated heterocycles. The first kappa shape index (κ1) is 14.3. The molecule has 96 valence electrons. The molecule has 1 atom stereocenters. The third-order valence-corrected chi connectivity index (χ3v) is 3.98. The lowest BCUT2D eigenvalue weighted by molar-refractivity contribution is 0.110. The summed E-state index contributed by atoms with van der Waals surface area (Å²) in [5.74, 6) is 1.79. The zero-order valence-electron chi connectivity index (χ0n) is 10.6. The topological polar surface area (TPSA) is 23.5 Å². The smallest absolute Gasteiger partial charge is 0.0443 e. The van der Waals surface area contributed by atoms with Crippen molar-refractivity contribution in [2.45, 2.75) is 51.5 Å². The van der Waals surface area contributed by atoms with Crippen LogP contribution in [0.1, 0.15) is 45.4 Å². The lowest BCUT2D eigenvalue weighted by Gasteiger charge is -2.38.